The number of unbranched alkanes of at least 4 members (excludes halogenated alkanes) is 9. The lowest BCUT2D eigenvalue weighted by atomic mass is 10.00. The van der Waals surface area contributed by atoms with Gasteiger partial charge in [0.25, 0.3) is 0 Å². The molecule has 1 unspecified atom stereocenters. The summed E-state index contributed by atoms with van der Waals surface area (Å²) in [5.41, 5.74) is 0. The Morgan fingerprint density at radius 3 is 2.04 bits per heavy atom. The van der Waals surface area contributed by atoms with E-state index in [9.17, 15) is 8.42 Å². The molecule has 0 aliphatic heterocycles. The van der Waals surface area contributed by atoms with Gasteiger partial charge >= 0.3 is 10.4 Å². The molecule has 0 aromatic heterocycles. The predicted octanol–water partition coefficient (Wildman–Crippen LogP) is 5.70. The largest absolute Gasteiger partial charge is 0.397 e. The molecule has 1 atom stereocenters. The molecule has 0 spiro atoms. The van der Waals surface area contributed by atoms with Gasteiger partial charge in [-0.25, -0.2) is 4.18 Å². The van der Waals surface area contributed by atoms with Gasteiger partial charge in [-0.3, -0.25) is 4.55 Å². The zero-order valence-corrected chi connectivity index (χ0v) is 15.8. The highest BCUT2D eigenvalue weighted by atomic mass is 32.3. The van der Waals surface area contributed by atoms with E-state index in [1.54, 1.807) is 0 Å². The topological polar surface area (TPSA) is 63.6 Å². The number of rotatable bonds is 16. The van der Waals surface area contributed by atoms with E-state index in [-0.39, 0.29) is 12.5 Å². The van der Waals surface area contributed by atoms with Crippen molar-refractivity contribution < 1.29 is 17.2 Å². The second-order valence-corrected chi connectivity index (χ2v) is 7.40. The lowest BCUT2D eigenvalue weighted by molar-refractivity contribution is 0.234. The van der Waals surface area contributed by atoms with Crippen LogP contribution in [0.15, 0.2) is 12.2 Å². The van der Waals surface area contributed by atoms with Crippen LogP contribution in [0.5, 0.6) is 0 Å². The van der Waals surface area contributed by atoms with Crippen molar-refractivity contribution >= 4 is 10.4 Å². The standard InChI is InChI=1S/C18H36O4S/c1-3-5-7-9-10-12-14-16-18(17-22-23(19,20)21)15-13-11-8-6-4-2/h14,16,18H,3-13,15,17H2,1-2H3,(H,19,20,21)/b16-14+. The third kappa shape index (κ3) is 17.8. The Hall–Kier alpha value is -0.390. The second kappa shape index (κ2) is 15.2. The molecular weight excluding hydrogens is 312 g/mol. The van der Waals surface area contributed by atoms with Crippen LogP contribution in [0.1, 0.15) is 90.9 Å². The van der Waals surface area contributed by atoms with Crippen LogP contribution in [0.3, 0.4) is 0 Å². The fraction of sp³-hybridized carbons (Fsp3) is 0.889. The van der Waals surface area contributed by atoms with Crippen molar-refractivity contribution in [1.29, 1.82) is 0 Å². The summed E-state index contributed by atoms with van der Waals surface area (Å²) in [6.45, 7) is 4.44. The van der Waals surface area contributed by atoms with Crippen LogP contribution in [-0.4, -0.2) is 19.6 Å². The van der Waals surface area contributed by atoms with Crippen LogP contribution in [0, 0.1) is 5.92 Å². The maximum atomic E-state index is 10.7. The van der Waals surface area contributed by atoms with Gasteiger partial charge in [0.2, 0.25) is 0 Å². The summed E-state index contributed by atoms with van der Waals surface area (Å²) >= 11 is 0. The first-order valence-electron chi connectivity index (χ1n) is 9.28. The summed E-state index contributed by atoms with van der Waals surface area (Å²) < 4.78 is 34.8. The third-order valence-corrected chi connectivity index (χ3v) is 4.43. The van der Waals surface area contributed by atoms with Crippen LogP contribution in [0.4, 0.5) is 0 Å². The van der Waals surface area contributed by atoms with E-state index >= 15 is 0 Å². The van der Waals surface area contributed by atoms with Crippen molar-refractivity contribution in [3.63, 3.8) is 0 Å². The Kier molecular flexibility index (Phi) is 14.9. The Bertz CT molecular complexity index is 376. The molecule has 0 aliphatic carbocycles. The van der Waals surface area contributed by atoms with Crippen LogP contribution in [0.2, 0.25) is 0 Å². The number of hydrogen-bond acceptors (Lipinski definition) is 3. The molecule has 0 aromatic rings. The maximum absolute atomic E-state index is 10.7. The molecule has 1 N–H and O–H groups in total. The molecule has 0 fully saturated rings. The minimum absolute atomic E-state index is 0.0406. The molecule has 0 saturated carbocycles. The van der Waals surface area contributed by atoms with E-state index in [2.05, 4.69) is 30.2 Å². The van der Waals surface area contributed by atoms with Crippen LogP contribution >= 0.6 is 0 Å². The highest BCUT2D eigenvalue weighted by Gasteiger charge is 2.11. The van der Waals surface area contributed by atoms with Crippen molar-refractivity contribution in [3.8, 4) is 0 Å². The van der Waals surface area contributed by atoms with Gasteiger partial charge in [0.15, 0.2) is 0 Å². The van der Waals surface area contributed by atoms with Crippen LogP contribution in [0.25, 0.3) is 0 Å². The summed E-state index contributed by atoms with van der Waals surface area (Å²) in [4.78, 5) is 0. The summed E-state index contributed by atoms with van der Waals surface area (Å²) in [5, 5.41) is 0. The van der Waals surface area contributed by atoms with E-state index < -0.39 is 10.4 Å². The first kappa shape index (κ1) is 22.6. The van der Waals surface area contributed by atoms with Crippen molar-refractivity contribution in [2.45, 2.75) is 90.9 Å². The SMILES string of the molecule is CCCCCCC/C=C/C(CCCCCCC)COS(=O)(=O)O. The molecule has 0 aliphatic rings. The molecule has 5 heteroatoms. The molecule has 0 saturated heterocycles. The minimum Gasteiger partial charge on any atom is -0.264 e. The Balaban J connectivity index is 4.04. The average Bonchev–Trinajstić information content (AvgIpc) is 2.49. The summed E-state index contributed by atoms with van der Waals surface area (Å²) in [5.74, 6) is 0.0641. The molecular formula is C18H36O4S. The van der Waals surface area contributed by atoms with Crippen LogP contribution < -0.4 is 0 Å². The molecule has 0 bridgehead atoms. The monoisotopic (exact) mass is 348 g/mol. The first-order chi connectivity index (χ1) is 11.0. The lowest BCUT2D eigenvalue weighted by Gasteiger charge is -2.11. The lowest BCUT2D eigenvalue weighted by Crippen LogP contribution is -2.12. The van der Waals surface area contributed by atoms with Gasteiger partial charge in [0.1, 0.15) is 0 Å². The maximum Gasteiger partial charge on any atom is 0.397 e. The second-order valence-electron chi connectivity index (χ2n) is 6.31. The average molecular weight is 349 g/mol. The number of hydrogen-bond donors (Lipinski definition) is 1. The Morgan fingerprint density at radius 2 is 1.48 bits per heavy atom. The van der Waals surface area contributed by atoms with E-state index in [1.807, 2.05) is 0 Å². The van der Waals surface area contributed by atoms with Gasteiger partial charge in [0, 0.05) is 5.92 Å². The molecule has 0 rings (SSSR count). The van der Waals surface area contributed by atoms with Crippen molar-refractivity contribution in [2.24, 2.45) is 5.92 Å². The Morgan fingerprint density at radius 1 is 0.913 bits per heavy atom. The van der Waals surface area contributed by atoms with Gasteiger partial charge < -0.3 is 0 Å². The fourth-order valence-corrected chi connectivity index (χ4v) is 2.92. The normalized spacial score (nSPS) is 13.7. The van der Waals surface area contributed by atoms with Gasteiger partial charge in [-0.15, -0.1) is 0 Å². The minimum atomic E-state index is -4.34. The first-order valence-corrected chi connectivity index (χ1v) is 10.6. The summed E-state index contributed by atoms with van der Waals surface area (Å²) in [6, 6.07) is 0. The molecule has 0 radical (unpaired) electrons. The van der Waals surface area contributed by atoms with Gasteiger partial charge in [-0.2, -0.15) is 8.42 Å². The molecule has 138 valence electrons. The molecule has 4 nitrogen and oxygen atoms in total. The quantitative estimate of drug-likeness (QED) is 0.221. The third-order valence-electron chi connectivity index (χ3n) is 3.99. The smallest absolute Gasteiger partial charge is 0.264 e. The van der Waals surface area contributed by atoms with E-state index in [1.165, 1.54) is 57.8 Å². The zero-order valence-electron chi connectivity index (χ0n) is 15.0. The van der Waals surface area contributed by atoms with E-state index in [0.717, 1.165) is 19.3 Å². The fourth-order valence-electron chi connectivity index (χ4n) is 2.57. The highest BCUT2D eigenvalue weighted by Crippen LogP contribution is 2.15. The molecule has 0 heterocycles. The number of allylic oxidation sites excluding steroid dienone is 1. The molecule has 0 amide bonds. The van der Waals surface area contributed by atoms with Gasteiger partial charge in [-0.1, -0.05) is 83.8 Å². The van der Waals surface area contributed by atoms with Crippen molar-refractivity contribution in [3.05, 3.63) is 12.2 Å². The zero-order chi connectivity index (χ0) is 17.4. The van der Waals surface area contributed by atoms with E-state index in [0.29, 0.717) is 0 Å². The van der Waals surface area contributed by atoms with Gasteiger partial charge in [0.05, 0.1) is 6.61 Å². The van der Waals surface area contributed by atoms with E-state index in [4.69, 9.17) is 4.55 Å². The van der Waals surface area contributed by atoms with Crippen molar-refractivity contribution in [2.75, 3.05) is 6.61 Å². The highest BCUT2D eigenvalue weighted by molar-refractivity contribution is 7.80. The van der Waals surface area contributed by atoms with Gasteiger partial charge in [-0.05, 0) is 19.3 Å². The predicted molar refractivity (Wildman–Crippen MR) is 96.9 cm³/mol. The molecule has 0 aromatic carbocycles. The molecule has 23 heavy (non-hydrogen) atoms. The van der Waals surface area contributed by atoms with Crippen LogP contribution in [-0.2, 0) is 14.6 Å². The summed E-state index contributed by atoms with van der Waals surface area (Å²) in [7, 11) is -4.34. The summed E-state index contributed by atoms with van der Waals surface area (Å²) in [6.07, 6.45) is 18.3. The van der Waals surface area contributed by atoms with Crippen molar-refractivity contribution in [1.82, 2.24) is 0 Å². The Labute approximate surface area is 143 Å².